The minimum atomic E-state index is 0.469. The van der Waals surface area contributed by atoms with Crippen molar-refractivity contribution < 1.29 is 14.0 Å². The van der Waals surface area contributed by atoms with Gasteiger partial charge < -0.3 is 9.47 Å². The monoisotopic (exact) mass is 275 g/mol. The van der Waals surface area contributed by atoms with E-state index in [4.69, 9.17) is 9.47 Å². The molecule has 1 heterocycles. The lowest BCUT2D eigenvalue weighted by Gasteiger charge is -2.08. The Balaban J connectivity index is 2.30. The summed E-state index contributed by atoms with van der Waals surface area (Å²) < 4.78 is 15.1. The van der Waals surface area contributed by atoms with E-state index in [1.807, 2.05) is 18.2 Å². The molecule has 0 unspecified atom stereocenters. The first-order chi connectivity index (χ1) is 9.55. The molecule has 0 spiro atoms. The molecule has 0 saturated carbocycles. The van der Waals surface area contributed by atoms with Gasteiger partial charge in [-0.1, -0.05) is 0 Å². The molecular weight excluding hydrogens is 252 g/mol. The van der Waals surface area contributed by atoms with Gasteiger partial charge in [0.15, 0.2) is 0 Å². The molecule has 0 aliphatic heterocycles. The van der Waals surface area contributed by atoms with E-state index >= 15 is 0 Å². The fourth-order valence-corrected chi connectivity index (χ4v) is 2.38. The van der Waals surface area contributed by atoms with Crippen molar-refractivity contribution in [1.29, 1.82) is 0 Å². The van der Waals surface area contributed by atoms with Crippen LogP contribution in [0.5, 0.6) is 11.5 Å². The fourth-order valence-electron chi connectivity index (χ4n) is 2.38. The van der Waals surface area contributed by atoms with Gasteiger partial charge >= 0.3 is 0 Å². The van der Waals surface area contributed by atoms with Gasteiger partial charge in [-0.3, -0.25) is 0 Å². The second-order valence-electron chi connectivity index (χ2n) is 5.20. The Labute approximate surface area is 120 Å². The zero-order chi connectivity index (χ0) is 14.7. The number of methoxy groups -OCH3 is 2. The topological polar surface area (TPSA) is 27.3 Å². The van der Waals surface area contributed by atoms with Crippen LogP contribution in [-0.2, 0) is 6.54 Å². The number of hydrogen-bond acceptors (Lipinski definition) is 2. The fraction of sp³-hybridized carbons (Fsp3) is 0.438. The number of nitrogens with zero attached hydrogens (tertiary/aromatic N) is 2. The van der Waals surface area contributed by atoms with Crippen LogP contribution in [0.1, 0.15) is 31.3 Å². The van der Waals surface area contributed by atoms with Crippen LogP contribution in [0.3, 0.4) is 0 Å². The van der Waals surface area contributed by atoms with E-state index in [1.165, 1.54) is 5.82 Å². The third-order valence-corrected chi connectivity index (χ3v) is 3.52. The lowest BCUT2D eigenvalue weighted by molar-refractivity contribution is -0.694. The van der Waals surface area contributed by atoms with Crippen molar-refractivity contribution in [3.8, 4) is 11.5 Å². The van der Waals surface area contributed by atoms with Crippen LogP contribution in [0.2, 0.25) is 0 Å². The summed E-state index contributed by atoms with van der Waals surface area (Å²) in [7, 11) is 3.35. The van der Waals surface area contributed by atoms with Gasteiger partial charge in [0.25, 0.3) is 5.82 Å². The highest BCUT2D eigenvalue weighted by Gasteiger charge is 2.15. The van der Waals surface area contributed by atoms with Crippen LogP contribution in [0.25, 0.3) is 0 Å². The van der Waals surface area contributed by atoms with E-state index in [0.717, 1.165) is 23.6 Å². The summed E-state index contributed by atoms with van der Waals surface area (Å²) in [5.41, 5.74) is 1.16. The second kappa shape index (κ2) is 5.99. The summed E-state index contributed by atoms with van der Waals surface area (Å²) in [5, 5.41) is 0. The Bertz CT molecular complexity index is 566. The maximum absolute atomic E-state index is 5.31. The molecule has 0 atom stereocenters. The number of imidazole rings is 1. The Morgan fingerprint density at radius 2 is 1.70 bits per heavy atom. The van der Waals surface area contributed by atoms with E-state index < -0.39 is 0 Å². The Morgan fingerprint density at radius 3 is 2.15 bits per heavy atom. The lowest BCUT2D eigenvalue weighted by Crippen LogP contribution is -2.36. The molecule has 2 aromatic rings. The zero-order valence-electron chi connectivity index (χ0n) is 12.9. The molecule has 4 heteroatoms. The molecule has 2 rings (SSSR count). The van der Waals surface area contributed by atoms with Gasteiger partial charge in [-0.15, -0.1) is 0 Å². The van der Waals surface area contributed by atoms with Crippen molar-refractivity contribution >= 4 is 0 Å². The SMILES string of the molecule is COc1cc(C[n+]2ccn(C(C)C)c2C)cc(OC)c1. The van der Waals surface area contributed by atoms with Crippen LogP contribution >= 0.6 is 0 Å². The van der Waals surface area contributed by atoms with E-state index in [1.54, 1.807) is 14.2 Å². The molecule has 0 aliphatic carbocycles. The van der Waals surface area contributed by atoms with Crippen LogP contribution in [-0.4, -0.2) is 18.8 Å². The molecule has 20 heavy (non-hydrogen) atoms. The van der Waals surface area contributed by atoms with Gasteiger partial charge in [0.2, 0.25) is 0 Å². The minimum absolute atomic E-state index is 0.469. The highest BCUT2D eigenvalue weighted by atomic mass is 16.5. The predicted octanol–water partition coefficient (Wildman–Crippen LogP) is 2.73. The van der Waals surface area contributed by atoms with Gasteiger partial charge in [0, 0.05) is 18.6 Å². The summed E-state index contributed by atoms with van der Waals surface area (Å²) in [6, 6.07) is 6.44. The predicted molar refractivity (Wildman–Crippen MR) is 78.4 cm³/mol. The van der Waals surface area contributed by atoms with Crippen molar-refractivity contribution in [1.82, 2.24) is 4.57 Å². The molecule has 0 fully saturated rings. The average molecular weight is 275 g/mol. The molecule has 1 aromatic carbocycles. The third kappa shape index (κ3) is 2.95. The largest absolute Gasteiger partial charge is 0.497 e. The molecule has 0 aliphatic rings. The first kappa shape index (κ1) is 14.4. The molecule has 108 valence electrons. The summed E-state index contributed by atoms with van der Waals surface area (Å²) in [6.07, 6.45) is 4.23. The van der Waals surface area contributed by atoms with Crippen molar-refractivity contribution in [2.75, 3.05) is 14.2 Å². The Kier molecular flexibility index (Phi) is 4.32. The summed E-state index contributed by atoms with van der Waals surface area (Å²) in [6.45, 7) is 7.31. The lowest BCUT2D eigenvalue weighted by atomic mass is 10.2. The number of aromatic nitrogens is 2. The van der Waals surface area contributed by atoms with E-state index in [2.05, 4.69) is 42.3 Å². The van der Waals surface area contributed by atoms with Gasteiger partial charge in [-0.05, 0) is 26.0 Å². The number of rotatable bonds is 5. The van der Waals surface area contributed by atoms with Gasteiger partial charge in [0.1, 0.15) is 30.4 Å². The van der Waals surface area contributed by atoms with Crippen LogP contribution in [0.15, 0.2) is 30.6 Å². The average Bonchev–Trinajstić information content (AvgIpc) is 2.79. The minimum Gasteiger partial charge on any atom is -0.497 e. The van der Waals surface area contributed by atoms with Gasteiger partial charge in [-0.25, -0.2) is 9.13 Å². The van der Waals surface area contributed by atoms with Gasteiger partial charge in [0.05, 0.1) is 20.3 Å². The van der Waals surface area contributed by atoms with E-state index in [0.29, 0.717) is 6.04 Å². The molecule has 4 nitrogen and oxygen atoms in total. The molecule has 0 radical (unpaired) electrons. The first-order valence-electron chi connectivity index (χ1n) is 6.84. The number of ether oxygens (including phenoxy) is 2. The molecular formula is C16H23N2O2+. The molecule has 0 saturated heterocycles. The second-order valence-corrected chi connectivity index (χ2v) is 5.20. The number of benzene rings is 1. The smallest absolute Gasteiger partial charge is 0.253 e. The number of hydrogen-bond donors (Lipinski definition) is 0. The quantitative estimate of drug-likeness (QED) is 0.785. The van der Waals surface area contributed by atoms with Crippen molar-refractivity contribution in [3.63, 3.8) is 0 Å². The summed E-state index contributed by atoms with van der Waals surface area (Å²) >= 11 is 0. The van der Waals surface area contributed by atoms with Crippen molar-refractivity contribution in [2.24, 2.45) is 0 Å². The maximum Gasteiger partial charge on any atom is 0.253 e. The molecule has 1 aromatic heterocycles. The highest BCUT2D eigenvalue weighted by Crippen LogP contribution is 2.22. The van der Waals surface area contributed by atoms with Crippen LogP contribution in [0.4, 0.5) is 0 Å². The zero-order valence-corrected chi connectivity index (χ0v) is 12.9. The van der Waals surface area contributed by atoms with E-state index in [9.17, 15) is 0 Å². The van der Waals surface area contributed by atoms with E-state index in [-0.39, 0.29) is 0 Å². The molecule has 0 N–H and O–H groups in total. The first-order valence-corrected chi connectivity index (χ1v) is 6.84. The molecule has 0 bridgehead atoms. The normalized spacial score (nSPS) is 10.9. The van der Waals surface area contributed by atoms with Crippen LogP contribution < -0.4 is 14.0 Å². The maximum atomic E-state index is 5.31. The Hall–Kier alpha value is -1.97. The highest BCUT2D eigenvalue weighted by molar-refractivity contribution is 5.38. The molecule has 0 amide bonds. The standard InChI is InChI=1S/C16H23N2O2/c1-12(2)18-7-6-17(13(18)3)11-14-8-15(19-4)10-16(9-14)20-5/h6-10,12H,11H2,1-5H3/q+1. The van der Waals surface area contributed by atoms with Crippen molar-refractivity contribution in [3.05, 3.63) is 42.0 Å². The Morgan fingerprint density at radius 1 is 1.10 bits per heavy atom. The van der Waals surface area contributed by atoms with Crippen molar-refractivity contribution in [2.45, 2.75) is 33.4 Å². The summed E-state index contributed by atoms with van der Waals surface area (Å²) in [4.78, 5) is 0. The van der Waals surface area contributed by atoms with Crippen LogP contribution in [0, 0.1) is 6.92 Å². The summed E-state index contributed by atoms with van der Waals surface area (Å²) in [5.74, 6) is 2.88. The van der Waals surface area contributed by atoms with Gasteiger partial charge in [-0.2, -0.15) is 0 Å². The third-order valence-electron chi connectivity index (χ3n) is 3.52.